The molecule has 1 aliphatic carbocycles. The fraction of sp³-hybridized carbons (Fsp3) is 0.700. The molecular formula is C20H26F3N3O. The molecule has 1 aromatic heterocycles. The van der Waals surface area contributed by atoms with Crippen LogP contribution in [0, 0.1) is 17.8 Å². The molecule has 3 heterocycles. The van der Waals surface area contributed by atoms with Crippen LogP contribution in [-0.2, 0) is 11.0 Å². The van der Waals surface area contributed by atoms with Crippen molar-refractivity contribution < 1.29 is 18.0 Å². The average Bonchev–Trinajstić information content (AvgIpc) is 3.24. The van der Waals surface area contributed by atoms with E-state index in [4.69, 9.17) is 0 Å². The highest BCUT2D eigenvalue weighted by atomic mass is 19.4. The minimum atomic E-state index is -4.42. The minimum Gasteiger partial charge on any atom is -0.357 e. The fourth-order valence-electron chi connectivity index (χ4n) is 4.94. The number of rotatable bonds is 3. The van der Waals surface area contributed by atoms with Gasteiger partial charge >= 0.3 is 6.18 Å². The Morgan fingerprint density at radius 3 is 2.37 bits per heavy atom. The first-order valence-corrected chi connectivity index (χ1v) is 9.97. The maximum atomic E-state index is 12.9. The van der Waals surface area contributed by atoms with Crippen LogP contribution in [-0.4, -0.2) is 42.0 Å². The van der Waals surface area contributed by atoms with Gasteiger partial charge in [0.05, 0.1) is 0 Å². The Bertz CT molecular complexity index is 673. The van der Waals surface area contributed by atoms with Crippen molar-refractivity contribution in [2.75, 3.05) is 31.1 Å². The van der Waals surface area contributed by atoms with Gasteiger partial charge in [-0.1, -0.05) is 12.5 Å². The molecule has 1 amide bonds. The lowest BCUT2D eigenvalue weighted by atomic mass is 9.93. The highest BCUT2D eigenvalue weighted by Crippen LogP contribution is 2.38. The molecule has 7 heteroatoms. The number of amides is 1. The number of likely N-dealkylation sites (tertiary alicyclic amines) is 1. The molecule has 148 valence electrons. The molecule has 0 aromatic carbocycles. The monoisotopic (exact) mass is 381 g/mol. The van der Waals surface area contributed by atoms with E-state index in [1.165, 1.54) is 25.3 Å². The zero-order valence-electron chi connectivity index (χ0n) is 15.4. The summed E-state index contributed by atoms with van der Waals surface area (Å²) >= 11 is 0. The molecule has 0 bridgehead atoms. The zero-order chi connectivity index (χ0) is 19.0. The molecule has 0 spiro atoms. The van der Waals surface area contributed by atoms with Gasteiger partial charge < -0.3 is 9.80 Å². The third-order valence-electron chi connectivity index (χ3n) is 6.51. The lowest BCUT2D eigenvalue weighted by Gasteiger charge is -2.33. The maximum Gasteiger partial charge on any atom is 0.433 e. The van der Waals surface area contributed by atoms with Crippen LogP contribution >= 0.6 is 0 Å². The predicted molar refractivity (Wildman–Crippen MR) is 96.2 cm³/mol. The van der Waals surface area contributed by atoms with Crippen molar-refractivity contribution in [1.29, 1.82) is 0 Å². The number of hydrogen-bond donors (Lipinski definition) is 0. The quantitative estimate of drug-likeness (QED) is 0.795. The van der Waals surface area contributed by atoms with E-state index in [2.05, 4.69) is 9.88 Å². The maximum absolute atomic E-state index is 12.9. The van der Waals surface area contributed by atoms with Crippen LogP contribution in [0.4, 0.5) is 19.0 Å². The van der Waals surface area contributed by atoms with Gasteiger partial charge in [0.2, 0.25) is 5.91 Å². The first-order chi connectivity index (χ1) is 12.9. The van der Waals surface area contributed by atoms with Gasteiger partial charge in [0.1, 0.15) is 11.5 Å². The van der Waals surface area contributed by atoms with E-state index in [9.17, 15) is 18.0 Å². The van der Waals surface area contributed by atoms with Crippen LogP contribution in [0.15, 0.2) is 18.2 Å². The number of anilines is 1. The van der Waals surface area contributed by atoms with Crippen molar-refractivity contribution in [3.63, 3.8) is 0 Å². The number of aromatic nitrogens is 1. The van der Waals surface area contributed by atoms with Gasteiger partial charge in [-0.3, -0.25) is 4.79 Å². The Labute approximate surface area is 157 Å². The lowest BCUT2D eigenvalue weighted by Crippen LogP contribution is -2.37. The van der Waals surface area contributed by atoms with Crippen molar-refractivity contribution >= 4 is 11.7 Å². The van der Waals surface area contributed by atoms with E-state index in [0.29, 0.717) is 43.1 Å². The van der Waals surface area contributed by atoms with Crippen molar-refractivity contribution in [1.82, 2.24) is 9.88 Å². The molecule has 1 saturated carbocycles. The minimum absolute atomic E-state index is 0.264. The molecule has 27 heavy (non-hydrogen) atoms. The average molecular weight is 381 g/mol. The van der Waals surface area contributed by atoms with E-state index in [0.717, 1.165) is 32.0 Å². The molecule has 3 fully saturated rings. The van der Waals surface area contributed by atoms with Crippen LogP contribution in [0.25, 0.3) is 0 Å². The smallest absolute Gasteiger partial charge is 0.357 e. The Morgan fingerprint density at radius 2 is 1.74 bits per heavy atom. The summed E-state index contributed by atoms with van der Waals surface area (Å²) in [6.07, 6.45) is 1.62. The Hall–Kier alpha value is -1.79. The number of alkyl halides is 3. The molecule has 0 N–H and O–H groups in total. The van der Waals surface area contributed by atoms with Crippen molar-refractivity contribution in [2.24, 2.45) is 17.8 Å². The third kappa shape index (κ3) is 4.06. The summed E-state index contributed by atoms with van der Waals surface area (Å²) in [6, 6.07) is 4.04. The number of hydrogen-bond acceptors (Lipinski definition) is 3. The highest BCUT2D eigenvalue weighted by Gasteiger charge is 2.38. The molecule has 4 nitrogen and oxygen atoms in total. The van der Waals surface area contributed by atoms with E-state index >= 15 is 0 Å². The van der Waals surface area contributed by atoms with E-state index < -0.39 is 11.9 Å². The number of nitrogens with zero attached hydrogens (tertiary/aromatic N) is 3. The summed E-state index contributed by atoms with van der Waals surface area (Å²) in [7, 11) is 0. The van der Waals surface area contributed by atoms with Gasteiger partial charge in [-0.2, -0.15) is 13.2 Å². The number of carbonyl (C=O) groups excluding carboxylic acids is 1. The number of pyridine rings is 1. The van der Waals surface area contributed by atoms with E-state index in [-0.39, 0.29) is 5.91 Å². The lowest BCUT2D eigenvalue weighted by molar-refractivity contribution is -0.141. The first-order valence-electron chi connectivity index (χ1n) is 9.97. The molecule has 4 rings (SSSR count). The fourth-order valence-corrected chi connectivity index (χ4v) is 4.94. The summed E-state index contributed by atoms with van der Waals surface area (Å²) in [5, 5.41) is 0. The number of carbonyl (C=O) groups is 1. The number of piperidine rings is 1. The van der Waals surface area contributed by atoms with Gasteiger partial charge in [0.15, 0.2) is 0 Å². The van der Waals surface area contributed by atoms with E-state index in [1.54, 1.807) is 6.07 Å². The predicted octanol–water partition coefficient (Wildman–Crippen LogP) is 3.97. The van der Waals surface area contributed by atoms with Crippen LogP contribution < -0.4 is 4.90 Å². The second-order valence-electron chi connectivity index (χ2n) is 8.26. The Balaban J connectivity index is 1.29. The van der Waals surface area contributed by atoms with Crippen molar-refractivity contribution in [2.45, 2.75) is 44.7 Å². The zero-order valence-corrected chi connectivity index (χ0v) is 15.4. The summed E-state index contributed by atoms with van der Waals surface area (Å²) in [5.41, 5.74) is -0.850. The van der Waals surface area contributed by atoms with Crippen molar-refractivity contribution in [3.8, 4) is 0 Å². The first kappa shape index (κ1) is 18.6. The summed E-state index contributed by atoms with van der Waals surface area (Å²) < 4.78 is 38.6. The van der Waals surface area contributed by atoms with Crippen LogP contribution in [0.3, 0.4) is 0 Å². The normalized spacial score (nSPS) is 26.5. The largest absolute Gasteiger partial charge is 0.433 e. The van der Waals surface area contributed by atoms with Crippen LogP contribution in [0.5, 0.6) is 0 Å². The van der Waals surface area contributed by atoms with Gasteiger partial charge in [0.25, 0.3) is 0 Å². The molecule has 2 aliphatic heterocycles. The summed E-state index contributed by atoms with van der Waals surface area (Å²) in [4.78, 5) is 20.4. The van der Waals surface area contributed by atoms with Gasteiger partial charge in [-0.25, -0.2) is 4.98 Å². The molecule has 2 unspecified atom stereocenters. The molecule has 3 aliphatic rings. The Morgan fingerprint density at radius 1 is 1.07 bits per heavy atom. The number of halogens is 3. The highest BCUT2D eigenvalue weighted by molar-refractivity contribution is 5.76. The van der Waals surface area contributed by atoms with Gasteiger partial charge in [-0.15, -0.1) is 0 Å². The second kappa shape index (κ2) is 7.32. The standard InChI is InChI=1S/C20H26F3N3O/c21-20(22,23)17-5-2-6-18(24-17)25-9-7-14(8-10-25)11-19(27)26-12-15-3-1-4-16(15)13-26/h2,5-6,14-16H,1,3-4,7-13H2. The third-order valence-corrected chi connectivity index (χ3v) is 6.51. The van der Waals surface area contributed by atoms with Gasteiger partial charge in [0, 0.05) is 32.6 Å². The second-order valence-corrected chi connectivity index (χ2v) is 8.26. The molecular weight excluding hydrogens is 355 g/mol. The molecule has 2 saturated heterocycles. The molecule has 1 aromatic rings. The van der Waals surface area contributed by atoms with Crippen molar-refractivity contribution in [3.05, 3.63) is 23.9 Å². The SMILES string of the molecule is O=C(CC1CCN(c2cccc(C(F)(F)F)n2)CC1)N1CC2CCCC2C1. The summed E-state index contributed by atoms with van der Waals surface area (Å²) in [6.45, 7) is 3.15. The Kier molecular flexibility index (Phi) is 5.03. The number of fused-ring (bicyclic) bond motifs is 1. The van der Waals surface area contributed by atoms with Crippen LogP contribution in [0.2, 0.25) is 0 Å². The van der Waals surface area contributed by atoms with Gasteiger partial charge in [-0.05, 0) is 55.6 Å². The van der Waals surface area contributed by atoms with Crippen LogP contribution in [0.1, 0.15) is 44.2 Å². The molecule has 0 radical (unpaired) electrons. The topological polar surface area (TPSA) is 36.4 Å². The van der Waals surface area contributed by atoms with E-state index in [1.807, 2.05) is 4.90 Å². The molecule has 2 atom stereocenters. The summed E-state index contributed by atoms with van der Waals surface area (Å²) in [5.74, 6) is 2.38.